The van der Waals surface area contributed by atoms with E-state index in [1.165, 1.54) is 12.1 Å². The van der Waals surface area contributed by atoms with Gasteiger partial charge in [-0.2, -0.15) is 8.78 Å². The van der Waals surface area contributed by atoms with Crippen LogP contribution >= 0.6 is 0 Å². The van der Waals surface area contributed by atoms with Crippen molar-refractivity contribution in [2.24, 2.45) is 0 Å². The predicted octanol–water partition coefficient (Wildman–Crippen LogP) is 9.55. The number of hydrogen-bond donors (Lipinski definition) is 1. The molecule has 1 unspecified atom stereocenters. The molecule has 0 bridgehead atoms. The number of nitrogens with zero attached hydrogens (tertiary/aromatic N) is 5. The Morgan fingerprint density at radius 1 is 0.529 bits per heavy atom. The van der Waals surface area contributed by atoms with Gasteiger partial charge < -0.3 is 5.32 Å². The van der Waals surface area contributed by atoms with Crippen molar-refractivity contribution in [1.29, 1.82) is 0 Å². The topological polar surface area (TPSA) is 76.5 Å². The fourth-order valence-corrected chi connectivity index (χ4v) is 6.68. The van der Waals surface area contributed by atoms with Crippen molar-refractivity contribution in [1.82, 2.24) is 30.2 Å². The number of allylic oxidation sites excluding steroid dienone is 2. The molecule has 0 spiro atoms. The van der Waals surface area contributed by atoms with Crippen LogP contribution < -0.4 is 5.32 Å². The third-order valence-corrected chi connectivity index (χ3v) is 9.20. The van der Waals surface area contributed by atoms with Crippen LogP contribution in [0.1, 0.15) is 34.1 Å². The Morgan fingerprint density at radius 3 is 1.67 bits per heavy atom. The summed E-state index contributed by atoms with van der Waals surface area (Å²) < 4.78 is 32.2. The van der Waals surface area contributed by atoms with Gasteiger partial charge in [0, 0.05) is 51.5 Å². The molecular formula is C43H28F2N6. The summed E-state index contributed by atoms with van der Waals surface area (Å²) in [7, 11) is 0. The molecule has 1 aliphatic carbocycles. The molecule has 244 valence electrons. The lowest BCUT2D eigenvalue weighted by Crippen LogP contribution is -2.22. The molecule has 1 atom stereocenters. The van der Waals surface area contributed by atoms with Crippen LogP contribution in [0, 0.1) is 0 Å². The Labute approximate surface area is 293 Å². The van der Waals surface area contributed by atoms with E-state index in [0.29, 0.717) is 34.2 Å². The highest BCUT2D eigenvalue weighted by Crippen LogP contribution is 2.52. The van der Waals surface area contributed by atoms with Crippen molar-refractivity contribution >= 4 is 11.3 Å². The Kier molecular flexibility index (Phi) is 7.35. The molecule has 0 amide bonds. The Balaban J connectivity index is 1.16. The van der Waals surface area contributed by atoms with Crippen LogP contribution in [-0.4, -0.2) is 24.9 Å². The highest BCUT2D eigenvalue weighted by atomic mass is 19.3. The lowest BCUT2D eigenvalue weighted by atomic mass is 9.95. The number of pyridine rings is 2. The standard InChI is InChI=1S/C43H28F2N6/c44-43(45)34-19-17-29(38-25-31(36-15-7-9-21-46-36)26-39(48-38)37-16-8-10-22-47-37)23-32(34)33-24-30(18-20-35(33)43)42-50-40(27-11-3-1-4-12-27)49-41(51-42)28-13-5-2-6-14-28/h1-26,39,48H. The molecule has 0 fully saturated rings. The number of alkyl halides is 2. The lowest BCUT2D eigenvalue weighted by Gasteiger charge is -2.25. The normalized spacial score (nSPS) is 15.6. The molecule has 6 nitrogen and oxygen atoms in total. The number of dihydropyridines is 1. The molecule has 51 heavy (non-hydrogen) atoms. The number of rotatable bonds is 6. The van der Waals surface area contributed by atoms with E-state index in [-0.39, 0.29) is 17.2 Å². The SMILES string of the molecule is FC1(F)c2ccc(C3=CC(c4ccccn4)=CC(c4ccccn4)N3)cc2-c2cc(-c3nc(-c4ccccc4)nc(-c4ccccc4)n3)ccc21. The van der Waals surface area contributed by atoms with Gasteiger partial charge in [-0.05, 0) is 65.2 Å². The molecule has 1 N–H and O–H groups in total. The van der Waals surface area contributed by atoms with E-state index in [4.69, 9.17) is 15.0 Å². The summed E-state index contributed by atoms with van der Waals surface area (Å²) in [6.07, 6.45) is 7.60. The Bertz CT molecular complexity index is 2410. The van der Waals surface area contributed by atoms with Gasteiger partial charge in [-0.1, -0.05) is 97.1 Å². The number of benzene rings is 4. The van der Waals surface area contributed by atoms with E-state index < -0.39 is 5.92 Å². The highest BCUT2D eigenvalue weighted by molar-refractivity contribution is 5.89. The van der Waals surface area contributed by atoms with E-state index in [2.05, 4.69) is 21.4 Å². The Morgan fingerprint density at radius 2 is 1.08 bits per heavy atom. The quantitative estimate of drug-likeness (QED) is 0.191. The van der Waals surface area contributed by atoms with Crippen molar-refractivity contribution < 1.29 is 8.78 Å². The first kappa shape index (κ1) is 30.4. The maximum atomic E-state index is 16.1. The second-order valence-corrected chi connectivity index (χ2v) is 12.4. The van der Waals surface area contributed by atoms with E-state index in [1.54, 1.807) is 30.6 Å². The van der Waals surface area contributed by atoms with Gasteiger partial charge in [0.05, 0.1) is 17.4 Å². The second kappa shape index (κ2) is 12.3. The zero-order chi connectivity index (χ0) is 34.4. The predicted molar refractivity (Wildman–Crippen MR) is 195 cm³/mol. The molecule has 0 saturated carbocycles. The van der Waals surface area contributed by atoms with Gasteiger partial charge in [0.25, 0.3) is 5.92 Å². The summed E-state index contributed by atoms with van der Waals surface area (Å²) in [6, 6.07) is 40.7. The molecule has 7 aromatic rings. The third kappa shape index (κ3) is 5.56. The zero-order valence-corrected chi connectivity index (χ0v) is 27.1. The van der Waals surface area contributed by atoms with Gasteiger partial charge >= 0.3 is 0 Å². The smallest absolute Gasteiger partial charge is 0.299 e. The average molecular weight is 667 g/mol. The zero-order valence-electron chi connectivity index (χ0n) is 27.1. The lowest BCUT2D eigenvalue weighted by molar-refractivity contribution is 0.0480. The molecule has 0 radical (unpaired) electrons. The number of nitrogens with one attached hydrogen (secondary N) is 1. The summed E-state index contributed by atoms with van der Waals surface area (Å²) in [5.74, 6) is -1.77. The maximum absolute atomic E-state index is 16.1. The van der Waals surface area contributed by atoms with Crippen molar-refractivity contribution in [3.63, 3.8) is 0 Å². The number of halogens is 2. The largest absolute Gasteiger partial charge is 0.373 e. The first-order chi connectivity index (χ1) is 25.0. The molecule has 1 aliphatic heterocycles. The molecule has 9 rings (SSSR count). The minimum absolute atomic E-state index is 0.0397. The number of aromatic nitrogens is 5. The van der Waals surface area contributed by atoms with Crippen LogP contribution in [0.2, 0.25) is 0 Å². The van der Waals surface area contributed by atoms with Crippen LogP contribution in [0.5, 0.6) is 0 Å². The van der Waals surface area contributed by atoms with Crippen LogP contribution in [0.25, 0.3) is 56.6 Å². The molecule has 3 aromatic heterocycles. The summed E-state index contributed by atoms with van der Waals surface area (Å²) in [5.41, 5.74) is 7.18. The van der Waals surface area contributed by atoms with E-state index >= 15 is 8.78 Å². The number of fused-ring (bicyclic) bond motifs is 3. The molecule has 4 aromatic carbocycles. The van der Waals surface area contributed by atoms with E-state index in [0.717, 1.165) is 39.3 Å². The first-order valence-corrected chi connectivity index (χ1v) is 16.6. The maximum Gasteiger partial charge on any atom is 0.299 e. The molecule has 2 aliphatic rings. The van der Waals surface area contributed by atoms with Gasteiger partial charge in [-0.15, -0.1) is 0 Å². The summed E-state index contributed by atoms with van der Waals surface area (Å²) in [6.45, 7) is 0. The third-order valence-electron chi connectivity index (χ3n) is 9.20. The highest BCUT2D eigenvalue weighted by Gasteiger charge is 2.44. The summed E-state index contributed by atoms with van der Waals surface area (Å²) in [4.78, 5) is 23.6. The van der Waals surface area contributed by atoms with Gasteiger partial charge in [-0.3, -0.25) is 9.97 Å². The Hall–Kier alpha value is -6.67. The van der Waals surface area contributed by atoms with Crippen molar-refractivity contribution in [2.45, 2.75) is 12.0 Å². The fraction of sp³-hybridized carbons (Fsp3) is 0.0465. The van der Waals surface area contributed by atoms with Gasteiger partial charge in [-0.25, -0.2) is 15.0 Å². The van der Waals surface area contributed by atoms with Gasteiger partial charge in [0.2, 0.25) is 0 Å². The fourth-order valence-electron chi connectivity index (χ4n) is 6.68. The molecule has 4 heterocycles. The minimum atomic E-state index is -3.17. The molecule has 8 heteroatoms. The van der Waals surface area contributed by atoms with Crippen LogP contribution in [-0.2, 0) is 5.92 Å². The first-order valence-electron chi connectivity index (χ1n) is 16.6. The average Bonchev–Trinajstić information content (AvgIpc) is 3.43. The van der Waals surface area contributed by atoms with Crippen LogP contribution in [0.3, 0.4) is 0 Å². The van der Waals surface area contributed by atoms with E-state index in [1.807, 2.05) is 109 Å². The summed E-state index contributed by atoms with van der Waals surface area (Å²) >= 11 is 0. The molecule has 0 saturated heterocycles. The molecular weight excluding hydrogens is 639 g/mol. The summed E-state index contributed by atoms with van der Waals surface area (Å²) in [5, 5.41) is 3.58. The van der Waals surface area contributed by atoms with Crippen LogP contribution in [0.15, 0.2) is 158 Å². The number of hydrogen-bond acceptors (Lipinski definition) is 6. The minimum Gasteiger partial charge on any atom is -0.373 e. The van der Waals surface area contributed by atoms with Crippen molar-refractivity contribution in [2.75, 3.05) is 0 Å². The monoisotopic (exact) mass is 666 g/mol. The van der Waals surface area contributed by atoms with Crippen LogP contribution in [0.4, 0.5) is 8.78 Å². The van der Waals surface area contributed by atoms with Crippen molar-refractivity contribution in [3.05, 3.63) is 186 Å². The van der Waals surface area contributed by atoms with E-state index in [9.17, 15) is 0 Å². The van der Waals surface area contributed by atoms with Gasteiger partial charge in [0.15, 0.2) is 17.5 Å². The second-order valence-electron chi connectivity index (χ2n) is 12.4. The van der Waals surface area contributed by atoms with Gasteiger partial charge in [0.1, 0.15) is 0 Å². The van der Waals surface area contributed by atoms with Crippen molar-refractivity contribution in [3.8, 4) is 45.3 Å².